The maximum absolute atomic E-state index is 13.9. The molecular formula is C15H21FN2O4. The molecule has 1 aromatic carbocycles. The van der Waals surface area contributed by atoms with E-state index in [1.807, 2.05) is 0 Å². The van der Waals surface area contributed by atoms with E-state index in [0.717, 1.165) is 0 Å². The fraction of sp³-hybridized carbons (Fsp3) is 0.467. The number of urea groups is 1. The van der Waals surface area contributed by atoms with Gasteiger partial charge in [-0.05, 0) is 19.1 Å². The van der Waals surface area contributed by atoms with Crippen LogP contribution in [0.3, 0.4) is 0 Å². The SMILES string of the molecule is COc1cccc(F)c1C(C)NC(=O)N(C)CC(C)C(=O)O. The molecule has 0 radical (unpaired) electrons. The third-order valence-corrected chi connectivity index (χ3v) is 3.32. The van der Waals surface area contributed by atoms with Gasteiger partial charge in [0.15, 0.2) is 0 Å². The Morgan fingerprint density at radius 2 is 2.05 bits per heavy atom. The number of carbonyl (C=O) groups is 2. The van der Waals surface area contributed by atoms with E-state index in [4.69, 9.17) is 9.84 Å². The molecule has 2 atom stereocenters. The lowest BCUT2D eigenvalue weighted by atomic mass is 10.1. The van der Waals surface area contributed by atoms with Gasteiger partial charge in [-0.3, -0.25) is 4.79 Å². The van der Waals surface area contributed by atoms with Crippen molar-refractivity contribution in [3.05, 3.63) is 29.6 Å². The number of nitrogens with one attached hydrogen (secondary N) is 1. The van der Waals surface area contributed by atoms with Crippen molar-refractivity contribution in [3.8, 4) is 5.75 Å². The molecule has 0 bridgehead atoms. The molecule has 0 fully saturated rings. The number of hydrogen-bond acceptors (Lipinski definition) is 3. The van der Waals surface area contributed by atoms with Gasteiger partial charge in [-0.25, -0.2) is 9.18 Å². The highest BCUT2D eigenvalue weighted by Gasteiger charge is 2.22. The summed E-state index contributed by atoms with van der Waals surface area (Å²) >= 11 is 0. The van der Waals surface area contributed by atoms with Crippen LogP contribution in [0, 0.1) is 11.7 Å². The fourth-order valence-electron chi connectivity index (χ4n) is 2.05. The topological polar surface area (TPSA) is 78.9 Å². The third kappa shape index (κ3) is 4.34. The number of carbonyl (C=O) groups excluding carboxylic acids is 1. The minimum atomic E-state index is -0.983. The maximum atomic E-state index is 13.9. The van der Waals surface area contributed by atoms with Crippen LogP contribution in [0.5, 0.6) is 5.75 Å². The van der Waals surface area contributed by atoms with Gasteiger partial charge in [0.25, 0.3) is 0 Å². The first-order valence-corrected chi connectivity index (χ1v) is 6.84. The number of amides is 2. The molecular weight excluding hydrogens is 291 g/mol. The molecule has 2 unspecified atom stereocenters. The summed E-state index contributed by atoms with van der Waals surface area (Å²) in [6, 6.07) is 3.32. The number of benzene rings is 1. The standard InChI is InChI=1S/C15H21FN2O4/c1-9(14(19)20)8-18(3)15(21)17-10(2)13-11(16)6-5-7-12(13)22-4/h5-7,9-10H,8H2,1-4H3,(H,17,21)(H,19,20). The van der Waals surface area contributed by atoms with Crippen molar-refractivity contribution in [2.24, 2.45) is 5.92 Å². The van der Waals surface area contributed by atoms with Crippen LogP contribution >= 0.6 is 0 Å². The highest BCUT2D eigenvalue weighted by Crippen LogP contribution is 2.27. The number of hydrogen-bond donors (Lipinski definition) is 2. The predicted octanol–water partition coefficient (Wildman–Crippen LogP) is 2.26. The fourth-order valence-corrected chi connectivity index (χ4v) is 2.05. The van der Waals surface area contributed by atoms with Crippen molar-refractivity contribution in [2.45, 2.75) is 19.9 Å². The molecule has 2 amide bonds. The number of methoxy groups -OCH3 is 1. The van der Waals surface area contributed by atoms with Crippen molar-refractivity contribution in [1.82, 2.24) is 10.2 Å². The van der Waals surface area contributed by atoms with Gasteiger partial charge < -0.3 is 20.1 Å². The van der Waals surface area contributed by atoms with E-state index in [9.17, 15) is 14.0 Å². The summed E-state index contributed by atoms with van der Waals surface area (Å²) in [6.07, 6.45) is 0. The number of ether oxygens (including phenoxy) is 1. The molecule has 1 rings (SSSR count). The monoisotopic (exact) mass is 312 g/mol. The molecule has 0 saturated heterocycles. The van der Waals surface area contributed by atoms with Crippen LogP contribution in [-0.2, 0) is 4.79 Å². The summed E-state index contributed by atoms with van der Waals surface area (Å²) in [4.78, 5) is 24.1. The summed E-state index contributed by atoms with van der Waals surface area (Å²) in [7, 11) is 2.91. The number of nitrogens with zero attached hydrogens (tertiary/aromatic N) is 1. The summed E-state index contributed by atoms with van der Waals surface area (Å²) < 4.78 is 19.0. The molecule has 0 aliphatic heterocycles. The van der Waals surface area contributed by atoms with Crippen LogP contribution in [0.15, 0.2) is 18.2 Å². The van der Waals surface area contributed by atoms with E-state index in [0.29, 0.717) is 5.75 Å². The lowest BCUT2D eigenvalue weighted by Gasteiger charge is -2.24. The van der Waals surface area contributed by atoms with Crippen LogP contribution in [-0.4, -0.2) is 42.7 Å². The third-order valence-electron chi connectivity index (χ3n) is 3.32. The van der Waals surface area contributed by atoms with Gasteiger partial charge >= 0.3 is 12.0 Å². The Kier molecular flexibility index (Phi) is 6.15. The Labute approximate surface area is 128 Å². The van der Waals surface area contributed by atoms with Gasteiger partial charge in [-0.15, -0.1) is 0 Å². The van der Waals surface area contributed by atoms with Crippen molar-refractivity contribution in [3.63, 3.8) is 0 Å². The average molecular weight is 312 g/mol. The Hall–Kier alpha value is -2.31. The van der Waals surface area contributed by atoms with Gasteiger partial charge in [0, 0.05) is 13.6 Å². The second-order valence-corrected chi connectivity index (χ2v) is 5.15. The first-order valence-electron chi connectivity index (χ1n) is 6.84. The van der Waals surface area contributed by atoms with Gasteiger partial charge in [0.05, 0.1) is 24.6 Å². The number of rotatable bonds is 6. The molecule has 0 heterocycles. The second kappa shape index (κ2) is 7.63. The van der Waals surface area contributed by atoms with Gasteiger partial charge in [-0.2, -0.15) is 0 Å². The molecule has 7 heteroatoms. The van der Waals surface area contributed by atoms with Gasteiger partial charge in [-0.1, -0.05) is 13.0 Å². The Morgan fingerprint density at radius 1 is 1.41 bits per heavy atom. The largest absolute Gasteiger partial charge is 0.496 e. The lowest BCUT2D eigenvalue weighted by Crippen LogP contribution is -2.41. The summed E-state index contributed by atoms with van der Waals surface area (Å²) in [5.41, 5.74) is 0.248. The van der Waals surface area contributed by atoms with Gasteiger partial charge in [0.1, 0.15) is 11.6 Å². The zero-order valence-corrected chi connectivity index (χ0v) is 13.1. The average Bonchev–Trinajstić information content (AvgIpc) is 2.46. The van der Waals surface area contributed by atoms with Gasteiger partial charge in [0.2, 0.25) is 0 Å². The molecule has 1 aromatic rings. The van der Waals surface area contributed by atoms with E-state index in [-0.39, 0.29) is 12.1 Å². The van der Waals surface area contributed by atoms with E-state index >= 15 is 0 Å². The predicted molar refractivity (Wildman–Crippen MR) is 79.3 cm³/mol. The van der Waals surface area contributed by atoms with E-state index in [1.165, 1.54) is 38.1 Å². The van der Waals surface area contributed by atoms with Crippen LogP contribution in [0.2, 0.25) is 0 Å². The smallest absolute Gasteiger partial charge is 0.317 e. The highest BCUT2D eigenvalue weighted by molar-refractivity contribution is 5.76. The second-order valence-electron chi connectivity index (χ2n) is 5.15. The zero-order valence-electron chi connectivity index (χ0n) is 13.1. The van der Waals surface area contributed by atoms with E-state index in [1.54, 1.807) is 13.0 Å². The molecule has 2 N–H and O–H groups in total. The quantitative estimate of drug-likeness (QED) is 0.844. The molecule has 122 valence electrons. The van der Waals surface area contributed by atoms with Crippen LogP contribution in [0.25, 0.3) is 0 Å². The van der Waals surface area contributed by atoms with Crippen LogP contribution < -0.4 is 10.1 Å². The molecule has 0 aliphatic carbocycles. The Balaban J connectivity index is 2.78. The van der Waals surface area contributed by atoms with E-state index < -0.39 is 29.8 Å². The summed E-state index contributed by atoms with van der Waals surface area (Å²) in [5, 5.41) is 11.5. The Morgan fingerprint density at radius 3 is 2.59 bits per heavy atom. The molecule has 22 heavy (non-hydrogen) atoms. The number of aliphatic carboxylic acids is 1. The number of halogens is 1. The summed E-state index contributed by atoms with van der Waals surface area (Å²) in [5.74, 6) is -1.81. The van der Waals surface area contributed by atoms with Crippen molar-refractivity contribution in [1.29, 1.82) is 0 Å². The highest BCUT2D eigenvalue weighted by atomic mass is 19.1. The first kappa shape index (κ1) is 17.7. The first-order chi connectivity index (χ1) is 10.3. The zero-order chi connectivity index (χ0) is 16.9. The molecule has 0 aliphatic rings. The maximum Gasteiger partial charge on any atom is 0.317 e. The molecule has 0 spiro atoms. The molecule has 0 saturated carbocycles. The Bertz CT molecular complexity index is 550. The summed E-state index contributed by atoms with van der Waals surface area (Å²) in [6.45, 7) is 3.20. The number of carboxylic acids is 1. The van der Waals surface area contributed by atoms with Crippen molar-refractivity contribution < 1.29 is 23.8 Å². The van der Waals surface area contributed by atoms with E-state index in [2.05, 4.69) is 5.32 Å². The normalized spacial score (nSPS) is 13.1. The number of carboxylic acid groups (broad SMARTS) is 1. The van der Waals surface area contributed by atoms with Crippen molar-refractivity contribution in [2.75, 3.05) is 20.7 Å². The van der Waals surface area contributed by atoms with Crippen LogP contribution in [0.1, 0.15) is 25.5 Å². The molecule has 6 nitrogen and oxygen atoms in total. The molecule has 0 aromatic heterocycles. The van der Waals surface area contributed by atoms with Crippen molar-refractivity contribution >= 4 is 12.0 Å². The lowest BCUT2D eigenvalue weighted by molar-refractivity contribution is -0.141. The van der Waals surface area contributed by atoms with Crippen LogP contribution in [0.4, 0.5) is 9.18 Å². The minimum absolute atomic E-state index is 0.0578. The minimum Gasteiger partial charge on any atom is -0.496 e.